The summed E-state index contributed by atoms with van der Waals surface area (Å²) < 4.78 is 26.5. The second-order valence-electron chi connectivity index (χ2n) is 9.12. The summed E-state index contributed by atoms with van der Waals surface area (Å²) in [6.45, 7) is 5.50. The lowest BCUT2D eigenvalue weighted by molar-refractivity contribution is 0.0627. The van der Waals surface area contributed by atoms with Crippen LogP contribution in [-0.4, -0.2) is 60.3 Å². The molecule has 0 N–H and O–H groups in total. The minimum Gasteiger partial charge on any atom is -0.336 e. The quantitative estimate of drug-likeness (QED) is 0.400. The zero-order valence-electron chi connectivity index (χ0n) is 20.2. The monoisotopic (exact) mass is 500 g/mol. The van der Waals surface area contributed by atoms with E-state index >= 15 is 0 Å². The number of fused-ring (bicyclic) bond motifs is 1. The van der Waals surface area contributed by atoms with E-state index in [9.17, 15) is 13.2 Å². The fourth-order valence-electron chi connectivity index (χ4n) is 4.61. The van der Waals surface area contributed by atoms with Crippen molar-refractivity contribution >= 4 is 26.6 Å². The topological polar surface area (TPSA) is 83.5 Å². The molecule has 0 atom stereocenters. The lowest BCUT2D eigenvalue weighted by atomic mass is 10.1. The van der Waals surface area contributed by atoms with Crippen LogP contribution in [0, 0.1) is 6.92 Å². The van der Waals surface area contributed by atoms with E-state index in [1.807, 2.05) is 42.2 Å². The SMILES string of the molecule is Cc1cc(C(=O)N2CCN(Cc3ccccn3)CC2)ccc1CS(=O)(=O)c1cccc2cccnc12. The van der Waals surface area contributed by atoms with Crippen LogP contribution in [0.1, 0.15) is 27.2 Å². The van der Waals surface area contributed by atoms with Gasteiger partial charge >= 0.3 is 0 Å². The van der Waals surface area contributed by atoms with Crippen LogP contribution >= 0.6 is 0 Å². The molecule has 0 unspecified atom stereocenters. The number of para-hydroxylation sites is 1. The van der Waals surface area contributed by atoms with Crippen molar-refractivity contribution < 1.29 is 13.2 Å². The van der Waals surface area contributed by atoms with Crippen LogP contribution in [-0.2, 0) is 22.1 Å². The van der Waals surface area contributed by atoms with E-state index in [1.165, 1.54) is 0 Å². The molecule has 2 aromatic heterocycles. The first-order chi connectivity index (χ1) is 17.4. The summed E-state index contributed by atoms with van der Waals surface area (Å²) in [6, 6.07) is 20.0. The third-order valence-corrected chi connectivity index (χ3v) is 8.33. The maximum atomic E-state index is 13.3. The highest BCUT2D eigenvalue weighted by Gasteiger charge is 2.24. The third-order valence-electron chi connectivity index (χ3n) is 6.64. The summed E-state index contributed by atoms with van der Waals surface area (Å²) in [7, 11) is -3.62. The molecule has 0 aliphatic carbocycles. The Morgan fingerprint density at radius 1 is 0.889 bits per heavy atom. The Bertz CT molecular complexity index is 1490. The van der Waals surface area contributed by atoms with Gasteiger partial charge in [-0.25, -0.2) is 8.42 Å². The Balaban J connectivity index is 1.26. The number of pyridine rings is 2. The highest BCUT2D eigenvalue weighted by Crippen LogP contribution is 2.26. The molecule has 0 spiro atoms. The highest BCUT2D eigenvalue weighted by molar-refractivity contribution is 7.90. The van der Waals surface area contributed by atoms with Crippen molar-refractivity contribution in [3.05, 3.63) is 102 Å². The Labute approximate surface area is 211 Å². The normalized spacial score (nSPS) is 14.8. The fraction of sp³-hybridized carbons (Fsp3) is 0.250. The molecule has 36 heavy (non-hydrogen) atoms. The van der Waals surface area contributed by atoms with Crippen LogP contribution in [0.3, 0.4) is 0 Å². The molecule has 7 nitrogen and oxygen atoms in total. The highest BCUT2D eigenvalue weighted by atomic mass is 32.2. The van der Waals surface area contributed by atoms with Gasteiger partial charge in [0.15, 0.2) is 9.84 Å². The number of nitrogens with zero attached hydrogens (tertiary/aromatic N) is 4. The number of rotatable bonds is 6. The lowest BCUT2D eigenvalue weighted by Crippen LogP contribution is -2.48. The van der Waals surface area contributed by atoms with Gasteiger partial charge in [0.25, 0.3) is 5.91 Å². The van der Waals surface area contributed by atoms with Crippen molar-refractivity contribution in [3.63, 3.8) is 0 Å². The summed E-state index contributed by atoms with van der Waals surface area (Å²) in [5.41, 5.74) is 3.55. The maximum absolute atomic E-state index is 13.3. The molecule has 184 valence electrons. The molecular formula is C28H28N4O3S. The zero-order valence-corrected chi connectivity index (χ0v) is 21.0. The molecule has 1 amide bonds. The summed E-state index contributed by atoms with van der Waals surface area (Å²) in [5, 5.41) is 0.788. The Morgan fingerprint density at radius 3 is 2.42 bits per heavy atom. The predicted molar refractivity (Wildman–Crippen MR) is 139 cm³/mol. The molecule has 8 heteroatoms. The molecule has 0 bridgehead atoms. The molecule has 0 radical (unpaired) electrons. The summed E-state index contributed by atoms with van der Waals surface area (Å²) in [4.78, 5) is 26.2. The number of sulfone groups is 1. The molecule has 1 aliphatic rings. The minimum absolute atomic E-state index is 0.0248. The van der Waals surface area contributed by atoms with Gasteiger partial charge in [-0.05, 0) is 54.4 Å². The van der Waals surface area contributed by atoms with Crippen molar-refractivity contribution in [3.8, 4) is 0 Å². The maximum Gasteiger partial charge on any atom is 0.253 e. The minimum atomic E-state index is -3.62. The first-order valence-corrected chi connectivity index (χ1v) is 13.6. The van der Waals surface area contributed by atoms with Crippen LogP contribution in [0.2, 0.25) is 0 Å². The number of benzene rings is 2. The van der Waals surface area contributed by atoms with Gasteiger partial charge in [0.1, 0.15) is 0 Å². The van der Waals surface area contributed by atoms with Crippen LogP contribution in [0.25, 0.3) is 10.9 Å². The van der Waals surface area contributed by atoms with E-state index < -0.39 is 9.84 Å². The number of carbonyl (C=O) groups is 1. The van der Waals surface area contributed by atoms with Crippen LogP contribution in [0.15, 0.2) is 84.0 Å². The smallest absolute Gasteiger partial charge is 0.253 e. The number of carbonyl (C=O) groups excluding carboxylic acids is 1. The van der Waals surface area contributed by atoms with Crippen molar-refractivity contribution in [1.82, 2.24) is 19.8 Å². The van der Waals surface area contributed by atoms with Crippen molar-refractivity contribution in [2.75, 3.05) is 26.2 Å². The van der Waals surface area contributed by atoms with Crippen molar-refractivity contribution in [1.29, 1.82) is 0 Å². The molecule has 1 aliphatic heterocycles. The van der Waals surface area contributed by atoms with Gasteiger partial charge in [-0.15, -0.1) is 0 Å². The number of hydrogen-bond acceptors (Lipinski definition) is 6. The van der Waals surface area contributed by atoms with Crippen LogP contribution < -0.4 is 0 Å². The molecule has 1 saturated heterocycles. The fourth-order valence-corrected chi connectivity index (χ4v) is 6.25. The second-order valence-corrected chi connectivity index (χ2v) is 11.1. The van der Waals surface area contributed by atoms with E-state index in [-0.39, 0.29) is 16.6 Å². The van der Waals surface area contributed by atoms with Crippen LogP contribution in [0.4, 0.5) is 0 Å². The molecule has 2 aromatic carbocycles. The molecule has 5 rings (SSSR count). The molecular weight excluding hydrogens is 472 g/mol. The summed E-state index contributed by atoms with van der Waals surface area (Å²) >= 11 is 0. The van der Waals surface area contributed by atoms with Gasteiger partial charge in [-0.3, -0.25) is 19.7 Å². The molecule has 1 fully saturated rings. The largest absolute Gasteiger partial charge is 0.336 e. The Morgan fingerprint density at radius 2 is 1.67 bits per heavy atom. The number of amides is 1. The van der Waals surface area contributed by atoms with Crippen molar-refractivity contribution in [2.24, 2.45) is 0 Å². The van der Waals surface area contributed by atoms with Gasteiger partial charge in [0.05, 0.1) is 21.9 Å². The Kier molecular flexibility index (Phi) is 6.80. The zero-order chi connectivity index (χ0) is 25.1. The number of hydrogen-bond donors (Lipinski definition) is 0. The van der Waals surface area contributed by atoms with E-state index in [4.69, 9.17) is 0 Å². The second kappa shape index (κ2) is 10.2. The first kappa shape index (κ1) is 24.1. The average molecular weight is 501 g/mol. The van der Waals surface area contributed by atoms with E-state index in [1.54, 1.807) is 48.8 Å². The molecule has 0 saturated carbocycles. The van der Waals surface area contributed by atoms with Gasteiger partial charge < -0.3 is 4.90 Å². The van der Waals surface area contributed by atoms with E-state index in [0.717, 1.165) is 36.3 Å². The standard InChI is InChI=1S/C28H28N4O3S/c1-21-18-23(28(33)32-16-14-31(15-17-32)19-25-8-2-3-12-29-25)10-11-24(21)20-36(34,35)26-9-4-6-22-7-5-13-30-27(22)26/h2-13,18H,14-17,19-20H2,1H3. The van der Waals surface area contributed by atoms with Gasteiger partial charge in [0, 0.05) is 56.1 Å². The van der Waals surface area contributed by atoms with Gasteiger partial charge in [0.2, 0.25) is 0 Å². The molecule has 4 aromatic rings. The first-order valence-electron chi connectivity index (χ1n) is 12.0. The Hall–Kier alpha value is -3.62. The number of aryl methyl sites for hydroxylation is 1. The summed E-state index contributed by atoms with van der Waals surface area (Å²) in [6.07, 6.45) is 3.40. The van der Waals surface area contributed by atoms with Crippen LogP contribution in [0.5, 0.6) is 0 Å². The average Bonchev–Trinajstić information content (AvgIpc) is 2.90. The lowest BCUT2D eigenvalue weighted by Gasteiger charge is -2.34. The number of piperazine rings is 1. The summed E-state index contributed by atoms with van der Waals surface area (Å²) in [5.74, 6) is -0.168. The molecule has 3 heterocycles. The van der Waals surface area contributed by atoms with E-state index in [2.05, 4.69) is 14.9 Å². The van der Waals surface area contributed by atoms with Gasteiger partial charge in [-0.1, -0.05) is 30.3 Å². The van der Waals surface area contributed by atoms with E-state index in [0.29, 0.717) is 29.7 Å². The van der Waals surface area contributed by atoms with Crippen molar-refractivity contribution in [2.45, 2.75) is 24.1 Å². The third kappa shape index (κ3) is 5.15. The predicted octanol–water partition coefficient (Wildman–Crippen LogP) is 3.87. The number of aromatic nitrogens is 2. The van der Waals surface area contributed by atoms with Gasteiger partial charge in [-0.2, -0.15) is 0 Å².